The predicted octanol–water partition coefficient (Wildman–Crippen LogP) is 12.3. The number of nitrogens with zero attached hydrogens (tertiary/aromatic N) is 8. The molecule has 302 valence electrons. The van der Waals surface area contributed by atoms with Crippen LogP contribution in [0, 0.1) is 0 Å². The minimum atomic E-state index is 0.631. The Kier molecular flexibility index (Phi) is 10.1. The molecular weight excluding hydrogens is 761 g/mol. The Morgan fingerprint density at radius 1 is 0.274 bits per heavy atom. The van der Waals surface area contributed by atoms with Crippen LogP contribution in [0.25, 0.3) is 89.9 Å². The van der Waals surface area contributed by atoms with E-state index in [0.29, 0.717) is 34.9 Å². The third-order valence-corrected chi connectivity index (χ3v) is 12.4. The van der Waals surface area contributed by atoms with E-state index in [1.807, 2.05) is 72.8 Å². The van der Waals surface area contributed by atoms with Gasteiger partial charge in [0.15, 0.2) is 34.9 Å². The van der Waals surface area contributed by atoms with Gasteiger partial charge in [0.1, 0.15) is 0 Å². The molecule has 0 unspecified atom stereocenters. The average molecular weight is 807 g/mol. The molecule has 4 heterocycles. The molecular formula is C54H46N8. The SMILES string of the molecule is c1ccc(-c2nc(-c3ccccc3)nc(-c3c4ccc(N5CCCCC5)cc4c(-c4nc(-c5ccccc5)nc(-c5ccccc5)n4)c4ccc(N5CCCCC5)cc34)n2)cc1. The molecule has 2 aliphatic heterocycles. The van der Waals surface area contributed by atoms with E-state index in [2.05, 4.69) is 94.7 Å². The van der Waals surface area contributed by atoms with Gasteiger partial charge in [-0.3, -0.25) is 0 Å². The average Bonchev–Trinajstić information content (AvgIpc) is 3.36. The van der Waals surface area contributed by atoms with E-state index in [0.717, 1.165) is 81.1 Å². The Morgan fingerprint density at radius 2 is 0.565 bits per heavy atom. The van der Waals surface area contributed by atoms with Crippen molar-refractivity contribution >= 4 is 32.9 Å². The molecule has 8 heteroatoms. The molecule has 0 spiro atoms. The molecule has 9 aromatic rings. The van der Waals surface area contributed by atoms with Crippen LogP contribution in [0.3, 0.4) is 0 Å². The maximum atomic E-state index is 5.38. The van der Waals surface area contributed by atoms with Gasteiger partial charge in [-0.25, -0.2) is 29.9 Å². The van der Waals surface area contributed by atoms with Crippen LogP contribution in [-0.4, -0.2) is 56.1 Å². The lowest BCUT2D eigenvalue weighted by Gasteiger charge is -2.30. The highest BCUT2D eigenvalue weighted by molar-refractivity contribution is 6.21. The van der Waals surface area contributed by atoms with Crippen molar-refractivity contribution in [3.8, 4) is 68.3 Å². The molecule has 2 aromatic heterocycles. The molecule has 0 amide bonds. The van der Waals surface area contributed by atoms with E-state index in [-0.39, 0.29) is 0 Å². The fourth-order valence-corrected chi connectivity index (χ4v) is 9.22. The number of anilines is 2. The molecule has 0 N–H and O–H groups in total. The number of benzene rings is 7. The second kappa shape index (κ2) is 16.6. The van der Waals surface area contributed by atoms with Gasteiger partial charge in [-0.1, -0.05) is 133 Å². The Bertz CT molecular complexity index is 2700. The van der Waals surface area contributed by atoms with Crippen molar-refractivity contribution in [2.45, 2.75) is 38.5 Å². The van der Waals surface area contributed by atoms with Crippen LogP contribution in [0.2, 0.25) is 0 Å². The smallest absolute Gasteiger partial charge is 0.165 e. The maximum Gasteiger partial charge on any atom is 0.165 e. The second-order valence-corrected chi connectivity index (χ2v) is 16.4. The van der Waals surface area contributed by atoms with E-state index >= 15 is 0 Å². The second-order valence-electron chi connectivity index (χ2n) is 16.4. The largest absolute Gasteiger partial charge is 0.372 e. The first-order valence-electron chi connectivity index (χ1n) is 22.0. The molecule has 11 rings (SSSR count). The summed E-state index contributed by atoms with van der Waals surface area (Å²) >= 11 is 0. The van der Waals surface area contributed by atoms with Gasteiger partial charge in [0, 0.05) is 70.9 Å². The summed E-state index contributed by atoms with van der Waals surface area (Å²) in [5.74, 6) is 3.80. The molecule has 62 heavy (non-hydrogen) atoms. The first-order chi connectivity index (χ1) is 30.7. The third-order valence-electron chi connectivity index (χ3n) is 12.4. The topological polar surface area (TPSA) is 83.8 Å². The van der Waals surface area contributed by atoms with Crippen molar-refractivity contribution in [2.75, 3.05) is 36.0 Å². The standard InChI is InChI=1S/C54H46N8/c1-7-19-37(20-8-1)49-55-50(38-21-9-2-10-22-38)58-53(57-49)47-43-29-27-42(62-33-17-6-18-34-62)36-46(43)48(44-30-28-41(35-45(44)47)61-31-15-5-16-32-61)54-59-51(39-23-11-3-12-24-39)56-52(60-54)40-25-13-4-14-26-40/h1-4,7-14,19-30,35-36H,5-6,15-18,31-34H2. The lowest BCUT2D eigenvalue weighted by atomic mass is 9.89. The fraction of sp³-hybridized carbons (Fsp3) is 0.185. The quantitative estimate of drug-likeness (QED) is 0.140. The van der Waals surface area contributed by atoms with Gasteiger partial charge in [-0.15, -0.1) is 0 Å². The molecule has 0 radical (unpaired) electrons. The van der Waals surface area contributed by atoms with E-state index in [1.54, 1.807) is 0 Å². The molecule has 0 atom stereocenters. The van der Waals surface area contributed by atoms with Crippen LogP contribution in [0.1, 0.15) is 38.5 Å². The molecule has 7 aromatic carbocycles. The first-order valence-corrected chi connectivity index (χ1v) is 22.0. The van der Waals surface area contributed by atoms with Crippen molar-refractivity contribution < 1.29 is 0 Å². The molecule has 0 bridgehead atoms. The molecule has 0 aliphatic carbocycles. The Balaban J connectivity index is 1.26. The summed E-state index contributed by atoms with van der Waals surface area (Å²) in [5, 5.41) is 4.18. The highest BCUT2D eigenvalue weighted by atomic mass is 15.1. The molecule has 2 saturated heterocycles. The molecule has 0 saturated carbocycles. The Morgan fingerprint density at radius 3 is 0.871 bits per heavy atom. The first kappa shape index (κ1) is 37.7. The maximum absolute atomic E-state index is 5.38. The minimum Gasteiger partial charge on any atom is -0.372 e. The van der Waals surface area contributed by atoms with Gasteiger partial charge in [-0.2, -0.15) is 0 Å². The number of aromatic nitrogens is 6. The molecule has 2 fully saturated rings. The van der Waals surface area contributed by atoms with Gasteiger partial charge >= 0.3 is 0 Å². The van der Waals surface area contributed by atoms with E-state index < -0.39 is 0 Å². The minimum absolute atomic E-state index is 0.631. The number of hydrogen-bond donors (Lipinski definition) is 0. The lowest BCUT2D eigenvalue weighted by molar-refractivity contribution is 0.578. The highest BCUT2D eigenvalue weighted by Gasteiger charge is 2.26. The van der Waals surface area contributed by atoms with Gasteiger partial charge < -0.3 is 9.80 Å². The van der Waals surface area contributed by atoms with E-state index in [1.165, 1.54) is 49.9 Å². The zero-order chi connectivity index (χ0) is 41.2. The predicted molar refractivity (Wildman–Crippen MR) is 253 cm³/mol. The van der Waals surface area contributed by atoms with E-state index in [4.69, 9.17) is 29.9 Å². The zero-order valence-electron chi connectivity index (χ0n) is 34.7. The van der Waals surface area contributed by atoms with Gasteiger partial charge in [-0.05, 0) is 84.3 Å². The van der Waals surface area contributed by atoms with Crippen LogP contribution in [0.15, 0.2) is 158 Å². The highest BCUT2D eigenvalue weighted by Crippen LogP contribution is 2.46. The van der Waals surface area contributed by atoms with Crippen molar-refractivity contribution in [2.24, 2.45) is 0 Å². The van der Waals surface area contributed by atoms with Crippen molar-refractivity contribution in [3.63, 3.8) is 0 Å². The normalized spacial score (nSPS) is 14.4. The number of rotatable bonds is 8. The molecule has 2 aliphatic rings. The monoisotopic (exact) mass is 806 g/mol. The van der Waals surface area contributed by atoms with Gasteiger partial charge in [0.05, 0.1) is 0 Å². The van der Waals surface area contributed by atoms with Gasteiger partial charge in [0.25, 0.3) is 0 Å². The Hall–Kier alpha value is -7.32. The van der Waals surface area contributed by atoms with E-state index in [9.17, 15) is 0 Å². The van der Waals surface area contributed by atoms with Crippen LogP contribution in [-0.2, 0) is 0 Å². The van der Waals surface area contributed by atoms with Crippen molar-refractivity contribution in [1.82, 2.24) is 29.9 Å². The summed E-state index contributed by atoms with van der Waals surface area (Å²) in [5.41, 5.74) is 8.08. The Labute approximate surface area is 362 Å². The van der Waals surface area contributed by atoms with Crippen molar-refractivity contribution in [1.29, 1.82) is 0 Å². The van der Waals surface area contributed by atoms with Crippen LogP contribution < -0.4 is 9.80 Å². The number of piperidine rings is 2. The summed E-state index contributed by atoms with van der Waals surface area (Å²) in [7, 11) is 0. The van der Waals surface area contributed by atoms with Crippen LogP contribution in [0.5, 0.6) is 0 Å². The van der Waals surface area contributed by atoms with Crippen LogP contribution in [0.4, 0.5) is 11.4 Å². The summed E-state index contributed by atoms with van der Waals surface area (Å²) in [6, 6.07) is 54.9. The summed E-state index contributed by atoms with van der Waals surface area (Å²) in [4.78, 5) is 36.8. The number of hydrogen-bond acceptors (Lipinski definition) is 8. The summed E-state index contributed by atoms with van der Waals surface area (Å²) < 4.78 is 0. The summed E-state index contributed by atoms with van der Waals surface area (Å²) in [6.07, 6.45) is 7.22. The molecule has 8 nitrogen and oxygen atoms in total. The van der Waals surface area contributed by atoms with Crippen molar-refractivity contribution in [3.05, 3.63) is 158 Å². The number of fused-ring (bicyclic) bond motifs is 2. The lowest BCUT2D eigenvalue weighted by Crippen LogP contribution is -2.29. The summed E-state index contributed by atoms with van der Waals surface area (Å²) in [6.45, 7) is 4.10. The van der Waals surface area contributed by atoms with Crippen LogP contribution >= 0.6 is 0 Å². The fourth-order valence-electron chi connectivity index (χ4n) is 9.22. The zero-order valence-corrected chi connectivity index (χ0v) is 34.7. The third kappa shape index (κ3) is 7.32. The van der Waals surface area contributed by atoms with Gasteiger partial charge in [0.2, 0.25) is 0 Å².